The van der Waals surface area contributed by atoms with Crippen molar-refractivity contribution in [2.45, 2.75) is 52.2 Å². The van der Waals surface area contributed by atoms with Gasteiger partial charge in [0.25, 0.3) is 0 Å². The number of halogens is 1. The molecule has 0 aliphatic carbocycles. The van der Waals surface area contributed by atoms with Crippen LogP contribution in [0.15, 0.2) is 4.47 Å². The maximum absolute atomic E-state index is 9.77. The van der Waals surface area contributed by atoms with Gasteiger partial charge in [-0.3, -0.25) is 4.68 Å². The number of nitrogens with two attached hydrogens (primary N) is 1. The first-order valence-electron chi connectivity index (χ1n) is 5.99. The molecule has 0 aliphatic rings. The lowest BCUT2D eigenvalue weighted by Crippen LogP contribution is -2.33. The first kappa shape index (κ1) is 14.7. The van der Waals surface area contributed by atoms with E-state index in [0.717, 1.165) is 41.7 Å². The third-order valence-corrected chi connectivity index (χ3v) is 4.22. The van der Waals surface area contributed by atoms with E-state index in [1.54, 1.807) is 6.92 Å². The van der Waals surface area contributed by atoms with Crippen molar-refractivity contribution in [1.29, 1.82) is 0 Å². The average molecular weight is 304 g/mol. The lowest BCUT2D eigenvalue weighted by atomic mass is 9.99. The molecule has 1 rings (SSSR count). The van der Waals surface area contributed by atoms with Gasteiger partial charge in [-0.1, -0.05) is 0 Å². The van der Waals surface area contributed by atoms with Crippen molar-refractivity contribution < 1.29 is 5.11 Å². The zero-order valence-electron chi connectivity index (χ0n) is 10.8. The van der Waals surface area contributed by atoms with Crippen molar-refractivity contribution >= 4 is 15.9 Å². The summed E-state index contributed by atoms with van der Waals surface area (Å²) in [6, 6.07) is 0. The van der Waals surface area contributed by atoms with Gasteiger partial charge in [0.15, 0.2) is 0 Å². The highest BCUT2D eigenvalue weighted by Crippen LogP contribution is 2.20. The lowest BCUT2D eigenvalue weighted by molar-refractivity contribution is 0.0569. The second-order valence-electron chi connectivity index (χ2n) is 4.87. The number of aromatic nitrogens is 2. The minimum atomic E-state index is -0.727. The Morgan fingerprint density at radius 3 is 2.53 bits per heavy atom. The molecule has 4 nitrogen and oxygen atoms in total. The van der Waals surface area contributed by atoms with Crippen molar-refractivity contribution in [3.05, 3.63) is 15.9 Å². The van der Waals surface area contributed by atoms with Crippen LogP contribution in [0, 0.1) is 13.8 Å². The number of aryl methyl sites for hydroxylation is 2. The minimum absolute atomic E-state index is 0.318. The molecular weight excluding hydrogens is 282 g/mol. The van der Waals surface area contributed by atoms with Gasteiger partial charge < -0.3 is 10.8 Å². The van der Waals surface area contributed by atoms with Crippen LogP contribution in [0.3, 0.4) is 0 Å². The number of hydrogen-bond donors (Lipinski definition) is 2. The Morgan fingerprint density at radius 1 is 1.41 bits per heavy atom. The number of nitrogens with zero attached hydrogens (tertiary/aromatic N) is 2. The molecule has 0 spiro atoms. The van der Waals surface area contributed by atoms with E-state index in [4.69, 9.17) is 5.73 Å². The predicted molar refractivity (Wildman–Crippen MR) is 72.9 cm³/mol. The summed E-state index contributed by atoms with van der Waals surface area (Å²) in [7, 11) is 0. The van der Waals surface area contributed by atoms with Crippen LogP contribution in [0.4, 0.5) is 0 Å². The molecule has 0 amide bonds. The first-order valence-corrected chi connectivity index (χ1v) is 6.78. The maximum atomic E-state index is 9.77. The quantitative estimate of drug-likeness (QED) is 0.792. The molecule has 0 bridgehead atoms. The van der Waals surface area contributed by atoms with Gasteiger partial charge in [-0.25, -0.2) is 0 Å². The molecule has 0 saturated heterocycles. The van der Waals surface area contributed by atoms with Gasteiger partial charge >= 0.3 is 0 Å². The fraction of sp³-hybridized carbons (Fsp3) is 0.750. The first-order chi connectivity index (χ1) is 7.87. The number of aliphatic hydroxyl groups is 1. The summed E-state index contributed by atoms with van der Waals surface area (Å²) < 4.78 is 3.10. The Bertz CT molecular complexity index is 374. The molecule has 0 radical (unpaired) electrons. The highest BCUT2D eigenvalue weighted by atomic mass is 79.9. The summed E-state index contributed by atoms with van der Waals surface area (Å²) in [6.07, 6.45) is 2.70. The highest BCUT2D eigenvalue weighted by molar-refractivity contribution is 9.10. The van der Waals surface area contributed by atoms with Crippen molar-refractivity contribution in [2.75, 3.05) is 6.54 Å². The van der Waals surface area contributed by atoms with Gasteiger partial charge in [0.2, 0.25) is 0 Å². The second-order valence-corrected chi connectivity index (χ2v) is 5.66. The molecule has 1 atom stereocenters. The standard InChI is InChI=1S/C12H22BrN3O/c1-9-11(13)10(2)16(15-9)7-5-4-6-12(3,17)8-14/h17H,4-8,14H2,1-3H3. The summed E-state index contributed by atoms with van der Waals surface area (Å²) >= 11 is 3.51. The van der Waals surface area contributed by atoms with Crippen LogP contribution in [0.1, 0.15) is 37.6 Å². The molecule has 3 N–H and O–H groups in total. The van der Waals surface area contributed by atoms with Crippen LogP contribution >= 0.6 is 15.9 Å². The van der Waals surface area contributed by atoms with E-state index in [-0.39, 0.29) is 0 Å². The molecular formula is C12H22BrN3O. The Kier molecular flexibility index (Phi) is 5.16. The summed E-state index contributed by atoms with van der Waals surface area (Å²) in [5, 5.41) is 14.2. The molecule has 17 heavy (non-hydrogen) atoms. The van der Waals surface area contributed by atoms with Gasteiger partial charge in [-0.05, 0) is 56.0 Å². The van der Waals surface area contributed by atoms with Crippen molar-refractivity contribution in [1.82, 2.24) is 9.78 Å². The Hall–Kier alpha value is -0.390. The predicted octanol–water partition coefficient (Wildman–Crippen LogP) is 2.14. The average Bonchev–Trinajstić information content (AvgIpc) is 2.52. The van der Waals surface area contributed by atoms with E-state index >= 15 is 0 Å². The normalized spacial score (nSPS) is 14.9. The summed E-state index contributed by atoms with van der Waals surface area (Å²) in [4.78, 5) is 0. The molecule has 0 aliphatic heterocycles. The monoisotopic (exact) mass is 303 g/mol. The van der Waals surface area contributed by atoms with E-state index in [0.29, 0.717) is 6.54 Å². The van der Waals surface area contributed by atoms with Crippen molar-refractivity contribution in [3.8, 4) is 0 Å². The highest BCUT2D eigenvalue weighted by Gasteiger charge is 2.17. The van der Waals surface area contributed by atoms with Crippen molar-refractivity contribution in [3.63, 3.8) is 0 Å². The van der Waals surface area contributed by atoms with Crippen LogP contribution in [0.25, 0.3) is 0 Å². The van der Waals surface area contributed by atoms with Crippen LogP contribution < -0.4 is 5.73 Å². The zero-order chi connectivity index (χ0) is 13.1. The summed E-state index contributed by atoms with van der Waals surface area (Å²) in [5.41, 5.74) is 6.93. The molecule has 0 aromatic carbocycles. The van der Waals surface area contributed by atoms with E-state index < -0.39 is 5.60 Å². The third kappa shape index (κ3) is 4.08. The summed E-state index contributed by atoms with van der Waals surface area (Å²) in [6.45, 7) is 7.04. The SMILES string of the molecule is Cc1nn(CCCCC(C)(O)CN)c(C)c1Br. The molecule has 1 unspecified atom stereocenters. The Balaban J connectivity index is 2.39. The van der Waals surface area contributed by atoms with Gasteiger partial charge in [0, 0.05) is 18.8 Å². The van der Waals surface area contributed by atoms with Gasteiger partial charge in [0.1, 0.15) is 0 Å². The Morgan fingerprint density at radius 2 is 2.06 bits per heavy atom. The smallest absolute Gasteiger partial charge is 0.0741 e. The molecule has 5 heteroatoms. The molecule has 1 aromatic heterocycles. The molecule has 1 heterocycles. The van der Waals surface area contributed by atoms with Crippen molar-refractivity contribution in [2.24, 2.45) is 5.73 Å². The van der Waals surface area contributed by atoms with Crippen LogP contribution in [0.5, 0.6) is 0 Å². The second kappa shape index (κ2) is 5.98. The zero-order valence-corrected chi connectivity index (χ0v) is 12.4. The lowest BCUT2D eigenvalue weighted by Gasteiger charge is -2.20. The summed E-state index contributed by atoms with van der Waals surface area (Å²) in [5.74, 6) is 0. The van der Waals surface area contributed by atoms with E-state index in [2.05, 4.69) is 28.0 Å². The van der Waals surface area contributed by atoms with Crippen LogP contribution in [0.2, 0.25) is 0 Å². The van der Waals surface area contributed by atoms with E-state index in [1.165, 1.54) is 0 Å². The van der Waals surface area contributed by atoms with Gasteiger partial charge in [-0.2, -0.15) is 5.10 Å². The van der Waals surface area contributed by atoms with Crippen LogP contribution in [-0.2, 0) is 6.54 Å². The third-order valence-electron chi connectivity index (χ3n) is 3.07. The van der Waals surface area contributed by atoms with E-state index in [1.807, 2.05) is 11.6 Å². The fourth-order valence-corrected chi connectivity index (χ4v) is 2.05. The minimum Gasteiger partial charge on any atom is -0.389 e. The van der Waals surface area contributed by atoms with Gasteiger partial charge in [0.05, 0.1) is 15.8 Å². The molecule has 0 saturated carbocycles. The number of unbranched alkanes of at least 4 members (excludes halogenated alkanes) is 1. The fourth-order valence-electron chi connectivity index (χ4n) is 1.76. The number of rotatable bonds is 6. The van der Waals surface area contributed by atoms with E-state index in [9.17, 15) is 5.11 Å². The number of hydrogen-bond acceptors (Lipinski definition) is 3. The largest absolute Gasteiger partial charge is 0.389 e. The molecule has 0 fully saturated rings. The molecule has 98 valence electrons. The van der Waals surface area contributed by atoms with Crippen LogP contribution in [-0.4, -0.2) is 27.0 Å². The maximum Gasteiger partial charge on any atom is 0.0741 e. The van der Waals surface area contributed by atoms with Gasteiger partial charge in [-0.15, -0.1) is 0 Å². The Labute approximate surface area is 111 Å². The topological polar surface area (TPSA) is 64.1 Å². The molecule has 1 aromatic rings.